The predicted molar refractivity (Wildman–Crippen MR) is 70.6 cm³/mol. The van der Waals surface area contributed by atoms with Crippen LogP contribution in [0.1, 0.15) is 18.5 Å². The molecule has 0 spiro atoms. The smallest absolute Gasteiger partial charge is 0.0564 e. The maximum Gasteiger partial charge on any atom is 0.0564 e. The zero-order valence-corrected chi connectivity index (χ0v) is 10.8. The van der Waals surface area contributed by atoms with Gasteiger partial charge in [0.2, 0.25) is 0 Å². The quantitative estimate of drug-likeness (QED) is 0.853. The highest BCUT2D eigenvalue weighted by atomic mass is 15.2. The summed E-state index contributed by atoms with van der Waals surface area (Å²) in [5, 5.41) is 0. The van der Waals surface area contributed by atoms with Crippen molar-refractivity contribution in [2.75, 3.05) is 32.9 Å². The SMILES string of the molecule is CN1CCCC(N(C)Cc2cc(N)ccn2)C1. The summed E-state index contributed by atoms with van der Waals surface area (Å²) >= 11 is 0. The van der Waals surface area contributed by atoms with Crippen LogP contribution in [-0.4, -0.2) is 48.0 Å². The van der Waals surface area contributed by atoms with E-state index in [1.165, 1.54) is 19.4 Å². The van der Waals surface area contributed by atoms with Crippen LogP contribution in [0, 0.1) is 0 Å². The lowest BCUT2D eigenvalue weighted by atomic mass is 10.0. The lowest BCUT2D eigenvalue weighted by Crippen LogP contribution is -2.44. The molecule has 4 nitrogen and oxygen atoms in total. The number of pyridine rings is 1. The number of nitrogens with zero attached hydrogens (tertiary/aromatic N) is 3. The molecule has 1 aliphatic rings. The van der Waals surface area contributed by atoms with Crippen LogP contribution < -0.4 is 5.73 Å². The van der Waals surface area contributed by atoms with E-state index in [-0.39, 0.29) is 0 Å². The van der Waals surface area contributed by atoms with Crippen molar-refractivity contribution < 1.29 is 0 Å². The number of hydrogen-bond donors (Lipinski definition) is 1. The summed E-state index contributed by atoms with van der Waals surface area (Å²) in [4.78, 5) is 9.14. The van der Waals surface area contributed by atoms with Crippen molar-refractivity contribution in [2.24, 2.45) is 0 Å². The molecular weight excluding hydrogens is 212 g/mol. The molecule has 2 rings (SSSR count). The first-order valence-electron chi connectivity index (χ1n) is 6.24. The third-order valence-corrected chi connectivity index (χ3v) is 3.47. The van der Waals surface area contributed by atoms with E-state index < -0.39 is 0 Å². The molecule has 0 amide bonds. The molecule has 17 heavy (non-hydrogen) atoms. The minimum atomic E-state index is 0.636. The first-order valence-corrected chi connectivity index (χ1v) is 6.24. The van der Waals surface area contributed by atoms with E-state index in [1.54, 1.807) is 6.20 Å². The number of likely N-dealkylation sites (N-methyl/N-ethyl adjacent to an activating group) is 2. The molecule has 1 atom stereocenters. The molecular formula is C13H22N4. The van der Waals surface area contributed by atoms with E-state index in [0.717, 1.165) is 24.5 Å². The zero-order chi connectivity index (χ0) is 12.3. The van der Waals surface area contributed by atoms with Crippen molar-refractivity contribution >= 4 is 5.69 Å². The topological polar surface area (TPSA) is 45.4 Å². The summed E-state index contributed by atoms with van der Waals surface area (Å²) < 4.78 is 0. The monoisotopic (exact) mass is 234 g/mol. The predicted octanol–water partition coefficient (Wildman–Crippen LogP) is 1.19. The molecule has 1 unspecified atom stereocenters. The Labute approximate surface area is 103 Å². The molecule has 1 aromatic heterocycles. The van der Waals surface area contributed by atoms with Gasteiger partial charge < -0.3 is 10.6 Å². The highest BCUT2D eigenvalue weighted by molar-refractivity contribution is 5.37. The second-order valence-corrected chi connectivity index (χ2v) is 5.05. The van der Waals surface area contributed by atoms with Gasteiger partial charge in [-0.25, -0.2) is 0 Å². The number of rotatable bonds is 3. The molecule has 4 heteroatoms. The fourth-order valence-corrected chi connectivity index (χ4v) is 2.47. The fourth-order valence-electron chi connectivity index (χ4n) is 2.47. The molecule has 0 aromatic carbocycles. The van der Waals surface area contributed by atoms with Crippen LogP contribution in [0.3, 0.4) is 0 Å². The van der Waals surface area contributed by atoms with E-state index in [1.807, 2.05) is 12.1 Å². The summed E-state index contributed by atoms with van der Waals surface area (Å²) in [6.07, 6.45) is 4.35. The standard InChI is InChI=1S/C13H22N4/c1-16-7-3-4-13(10-16)17(2)9-12-8-11(14)5-6-15-12/h5-6,8,13H,3-4,7,9-10H2,1-2H3,(H2,14,15). The van der Waals surface area contributed by atoms with Crippen LogP contribution >= 0.6 is 0 Å². The number of nitrogens with two attached hydrogens (primary N) is 1. The summed E-state index contributed by atoms with van der Waals surface area (Å²) in [6, 6.07) is 4.43. The molecule has 1 fully saturated rings. The van der Waals surface area contributed by atoms with Crippen molar-refractivity contribution in [2.45, 2.75) is 25.4 Å². The van der Waals surface area contributed by atoms with Crippen LogP contribution in [-0.2, 0) is 6.54 Å². The largest absolute Gasteiger partial charge is 0.399 e. The number of likely N-dealkylation sites (tertiary alicyclic amines) is 1. The van der Waals surface area contributed by atoms with E-state index in [0.29, 0.717) is 6.04 Å². The third kappa shape index (κ3) is 3.41. The van der Waals surface area contributed by atoms with Gasteiger partial charge >= 0.3 is 0 Å². The highest BCUT2D eigenvalue weighted by Gasteiger charge is 2.21. The molecule has 0 bridgehead atoms. The minimum Gasteiger partial charge on any atom is -0.399 e. The Hall–Kier alpha value is -1.13. The van der Waals surface area contributed by atoms with Gasteiger partial charge in [0.05, 0.1) is 5.69 Å². The number of nitrogen functional groups attached to an aromatic ring is 1. The summed E-state index contributed by atoms with van der Waals surface area (Å²) in [7, 11) is 4.37. The molecule has 1 saturated heterocycles. The highest BCUT2D eigenvalue weighted by Crippen LogP contribution is 2.15. The second-order valence-electron chi connectivity index (χ2n) is 5.05. The summed E-state index contributed by atoms with van der Waals surface area (Å²) in [5.74, 6) is 0. The van der Waals surface area contributed by atoms with Crippen LogP contribution in [0.25, 0.3) is 0 Å². The maximum atomic E-state index is 5.77. The Kier molecular flexibility index (Phi) is 3.97. The Morgan fingerprint density at radius 3 is 3.12 bits per heavy atom. The van der Waals surface area contributed by atoms with Gasteiger partial charge in [-0.3, -0.25) is 9.88 Å². The molecule has 1 aliphatic heterocycles. The summed E-state index contributed by atoms with van der Waals surface area (Å²) in [5.41, 5.74) is 7.62. The second kappa shape index (κ2) is 5.47. The van der Waals surface area contributed by atoms with Crippen molar-refractivity contribution in [1.82, 2.24) is 14.8 Å². The van der Waals surface area contributed by atoms with Gasteiger partial charge in [-0.1, -0.05) is 0 Å². The van der Waals surface area contributed by atoms with Crippen molar-refractivity contribution in [3.8, 4) is 0 Å². The van der Waals surface area contributed by atoms with Gasteiger partial charge in [0, 0.05) is 31.0 Å². The Bertz CT molecular complexity index is 366. The van der Waals surface area contributed by atoms with Crippen molar-refractivity contribution in [3.63, 3.8) is 0 Å². The van der Waals surface area contributed by atoms with E-state index in [9.17, 15) is 0 Å². The molecule has 0 aliphatic carbocycles. The molecule has 2 N–H and O–H groups in total. The molecule has 1 aromatic rings. The average Bonchev–Trinajstić information content (AvgIpc) is 2.29. The molecule has 2 heterocycles. The van der Waals surface area contributed by atoms with Gasteiger partial charge in [-0.2, -0.15) is 0 Å². The average molecular weight is 234 g/mol. The van der Waals surface area contributed by atoms with Gasteiger partial charge in [0.15, 0.2) is 0 Å². The Balaban J connectivity index is 1.94. The van der Waals surface area contributed by atoms with Crippen molar-refractivity contribution in [3.05, 3.63) is 24.0 Å². The lowest BCUT2D eigenvalue weighted by Gasteiger charge is -2.35. The van der Waals surface area contributed by atoms with Gasteiger partial charge in [-0.05, 0) is 45.6 Å². The normalized spacial score (nSPS) is 21.9. The number of anilines is 1. The van der Waals surface area contributed by atoms with Crippen LogP contribution in [0.5, 0.6) is 0 Å². The zero-order valence-electron chi connectivity index (χ0n) is 10.8. The third-order valence-electron chi connectivity index (χ3n) is 3.47. The van der Waals surface area contributed by atoms with Crippen molar-refractivity contribution in [1.29, 1.82) is 0 Å². The van der Waals surface area contributed by atoms with Gasteiger partial charge in [0.1, 0.15) is 0 Å². The molecule has 0 radical (unpaired) electrons. The number of hydrogen-bond acceptors (Lipinski definition) is 4. The van der Waals surface area contributed by atoms with Gasteiger partial charge in [-0.15, -0.1) is 0 Å². The summed E-state index contributed by atoms with van der Waals surface area (Å²) in [6.45, 7) is 3.25. The molecule has 94 valence electrons. The Morgan fingerprint density at radius 1 is 1.59 bits per heavy atom. The van der Waals surface area contributed by atoms with Crippen LogP contribution in [0.4, 0.5) is 5.69 Å². The van der Waals surface area contributed by atoms with E-state index in [4.69, 9.17) is 5.73 Å². The first kappa shape index (κ1) is 12.3. The van der Waals surface area contributed by atoms with Crippen LogP contribution in [0.15, 0.2) is 18.3 Å². The maximum absolute atomic E-state index is 5.77. The van der Waals surface area contributed by atoms with E-state index >= 15 is 0 Å². The number of piperidine rings is 1. The Morgan fingerprint density at radius 2 is 2.41 bits per heavy atom. The van der Waals surface area contributed by atoms with Gasteiger partial charge in [0.25, 0.3) is 0 Å². The lowest BCUT2D eigenvalue weighted by molar-refractivity contribution is 0.128. The first-order chi connectivity index (χ1) is 8.15. The van der Waals surface area contributed by atoms with Crippen LogP contribution in [0.2, 0.25) is 0 Å². The minimum absolute atomic E-state index is 0.636. The molecule has 0 saturated carbocycles. The van der Waals surface area contributed by atoms with E-state index in [2.05, 4.69) is 28.9 Å². The fraction of sp³-hybridized carbons (Fsp3) is 0.615. The number of aromatic nitrogens is 1.